The van der Waals surface area contributed by atoms with E-state index in [4.69, 9.17) is 47.4 Å². The summed E-state index contributed by atoms with van der Waals surface area (Å²) in [5.74, 6) is -4.55. The van der Waals surface area contributed by atoms with Gasteiger partial charge in [-0.25, -0.2) is 24.0 Å². The van der Waals surface area contributed by atoms with E-state index >= 15 is 0 Å². The molecule has 0 saturated carbocycles. The van der Waals surface area contributed by atoms with Gasteiger partial charge in [0.05, 0.1) is 73.0 Å². The molecule has 6 aliphatic rings. The highest BCUT2D eigenvalue weighted by Crippen LogP contribution is 2.31. The van der Waals surface area contributed by atoms with Crippen LogP contribution in [0.3, 0.4) is 0 Å². The van der Waals surface area contributed by atoms with Crippen LogP contribution < -0.4 is 0 Å². The van der Waals surface area contributed by atoms with Crippen molar-refractivity contribution < 1.29 is 114 Å². The van der Waals surface area contributed by atoms with Crippen LogP contribution in [0.1, 0.15) is 214 Å². The molecule has 6 saturated heterocycles. The van der Waals surface area contributed by atoms with Gasteiger partial charge in [0.2, 0.25) is 18.3 Å². The van der Waals surface area contributed by atoms with Crippen molar-refractivity contribution in [3.63, 3.8) is 0 Å². The first-order chi connectivity index (χ1) is 40.0. The highest BCUT2D eigenvalue weighted by molar-refractivity contribution is 5.86. The van der Waals surface area contributed by atoms with E-state index in [1.54, 1.807) is 48.5 Å². The minimum atomic E-state index is -0.708. The minimum absolute atomic E-state index is 0.145. The van der Waals surface area contributed by atoms with Gasteiger partial charge in [-0.3, -0.25) is 33.6 Å². The van der Waals surface area contributed by atoms with Gasteiger partial charge in [-0.05, 0) is 133 Å². The lowest BCUT2D eigenvalue weighted by molar-refractivity contribution is -0.196. The molecule has 8 atom stereocenters. The third-order valence-corrected chi connectivity index (χ3v) is 15.7. The van der Waals surface area contributed by atoms with Gasteiger partial charge >= 0.3 is 71.6 Å². The second-order valence-corrected chi connectivity index (χ2v) is 24.6. The zero-order chi connectivity index (χ0) is 65.8. The Morgan fingerprint density at radius 2 is 0.767 bits per heavy atom. The van der Waals surface area contributed by atoms with Crippen molar-refractivity contribution in [1.82, 2.24) is 0 Å². The van der Waals surface area contributed by atoms with Crippen LogP contribution >= 0.6 is 0 Å². The van der Waals surface area contributed by atoms with Crippen LogP contribution in [-0.2, 0) is 114 Å². The minimum Gasteiger partial charge on any atom is -0.465 e. The third-order valence-electron chi connectivity index (χ3n) is 15.7. The number of esters is 12. The summed E-state index contributed by atoms with van der Waals surface area (Å²) in [5.41, 5.74) is -2.77. The fraction of sp³-hybridized carbons (Fsp3) is 0.806. The van der Waals surface area contributed by atoms with Crippen molar-refractivity contribution >= 4 is 71.6 Å². The molecule has 0 aliphatic carbocycles. The zero-order valence-electron chi connectivity index (χ0n) is 54.2. The molecular weight excluding hydrogens is 1130 g/mol. The molecule has 24 heteroatoms. The molecule has 0 bridgehead atoms. The van der Waals surface area contributed by atoms with E-state index in [0.717, 1.165) is 32.1 Å². The van der Waals surface area contributed by atoms with Crippen molar-refractivity contribution in [3.05, 3.63) is 0 Å². The summed E-state index contributed by atoms with van der Waals surface area (Å²) in [4.78, 5) is 136. The molecule has 6 aliphatic heterocycles. The Morgan fingerprint density at radius 1 is 0.430 bits per heavy atom. The SMILES string of the molecule is CCC(C)(C)C(=O)OC1(C)CCOC(=O)C1.CCC(C)(C)C(=O)OC1CCCCOC1=O.CCC(C)(C)C(=O)OC1CCOC1=O.CCC(C)(C)C(=O)OC1COC1=O.CCC(C)C(=O)OC1CCCOC1=O.CCC(C)C(=O)OC1CCOC1=O. The molecule has 0 radical (unpaired) electrons. The fourth-order valence-corrected chi connectivity index (χ4v) is 6.72. The lowest BCUT2D eigenvalue weighted by atomic mass is 9.89. The van der Waals surface area contributed by atoms with Gasteiger partial charge in [-0.1, -0.05) is 55.4 Å². The van der Waals surface area contributed by atoms with Gasteiger partial charge in [0, 0.05) is 19.3 Å². The smallest absolute Gasteiger partial charge is 0.351 e. The quantitative estimate of drug-likeness (QED) is 0.0917. The van der Waals surface area contributed by atoms with E-state index in [-0.39, 0.29) is 66.6 Å². The van der Waals surface area contributed by atoms with Crippen LogP contribution in [0.5, 0.6) is 0 Å². The Morgan fingerprint density at radius 3 is 1.10 bits per heavy atom. The van der Waals surface area contributed by atoms with Gasteiger partial charge < -0.3 is 56.8 Å². The molecule has 0 spiro atoms. The Balaban J connectivity index is 0.000000517. The van der Waals surface area contributed by atoms with E-state index in [1.165, 1.54) is 0 Å². The monoisotopic (exact) mass is 1230 g/mol. The lowest BCUT2D eigenvalue weighted by Crippen LogP contribution is -2.45. The van der Waals surface area contributed by atoms with Gasteiger partial charge in [-0.2, -0.15) is 0 Å². The third kappa shape index (κ3) is 26.7. The first-order valence-electron chi connectivity index (χ1n) is 30.3. The van der Waals surface area contributed by atoms with Crippen molar-refractivity contribution in [1.29, 1.82) is 0 Å². The van der Waals surface area contributed by atoms with Crippen LogP contribution in [0.2, 0.25) is 0 Å². The Labute approximate surface area is 507 Å². The standard InChI is InChI=1S/2C12H20O4.2C10H16O4.2C9H14O4/c1-5-11(2,3)10(14)16-12(4)6-7-15-9(13)8-12;1-4-12(2,3)11(14)16-9-7-5-6-8-15-10(9)13;1-4-10(2,3)9(12)14-7-5-6-13-8(7)11;1-3-7(2)9(11)14-8-5-4-6-13-10(8)12;1-4-9(2,3)8(11)13-6-5-12-7(6)10;1-3-6(2)8(10)13-7-4-5-12-9(7)11/h5-8H2,1-4H3;9H,4-8H2,1-3H3;7H,4-6H2,1-3H3;7-8H,3-6H2,1-2H3;6H,4-5H2,1-3H3;6-7H,3-5H2,1-2H3. The molecule has 0 N–H and O–H groups in total. The maximum absolute atomic E-state index is 11.9. The summed E-state index contributed by atoms with van der Waals surface area (Å²) in [5, 5.41) is 0. The number of carbonyl (C=O) groups is 12. The van der Waals surface area contributed by atoms with Crippen molar-refractivity contribution in [2.24, 2.45) is 33.5 Å². The largest absolute Gasteiger partial charge is 0.465 e. The highest BCUT2D eigenvalue weighted by atomic mass is 16.7. The first kappa shape index (κ1) is 77.7. The maximum Gasteiger partial charge on any atom is 0.351 e. The molecule has 0 aromatic carbocycles. The lowest BCUT2D eigenvalue weighted by Gasteiger charge is -2.35. The fourth-order valence-electron chi connectivity index (χ4n) is 6.72. The van der Waals surface area contributed by atoms with E-state index in [9.17, 15) is 57.5 Å². The summed E-state index contributed by atoms with van der Waals surface area (Å²) in [7, 11) is 0. The molecule has 6 fully saturated rings. The van der Waals surface area contributed by atoms with Crippen LogP contribution in [0.25, 0.3) is 0 Å². The Hall–Kier alpha value is -6.36. The van der Waals surface area contributed by atoms with Gasteiger partial charge in [0.25, 0.3) is 0 Å². The number of rotatable bonds is 18. The van der Waals surface area contributed by atoms with Crippen LogP contribution in [0, 0.1) is 33.5 Å². The average molecular weight is 1230 g/mol. The summed E-state index contributed by atoms with van der Waals surface area (Å²) in [6.45, 7) is 33.5. The second-order valence-electron chi connectivity index (χ2n) is 24.6. The molecule has 0 aromatic heterocycles. The van der Waals surface area contributed by atoms with Gasteiger partial charge in [-0.15, -0.1) is 0 Å². The van der Waals surface area contributed by atoms with E-state index in [0.29, 0.717) is 90.8 Å². The van der Waals surface area contributed by atoms with Crippen molar-refractivity contribution in [2.75, 3.05) is 39.6 Å². The van der Waals surface area contributed by atoms with Crippen molar-refractivity contribution in [2.45, 2.75) is 250 Å². The molecule has 86 heavy (non-hydrogen) atoms. The molecular formula is C62H100O24. The van der Waals surface area contributed by atoms with E-state index < -0.39 is 87.6 Å². The molecule has 8 unspecified atom stereocenters. The predicted molar refractivity (Wildman–Crippen MR) is 306 cm³/mol. The first-order valence-corrected chi connectivity index (χ1v) is 30.3. The molecule has 6 heterocycles. The molecule has 0 amide bonds. The predicted octanol–water partition coefficient (Wildman–Crippen LogP) is 8.47. The number of carbonyl (C=O) groups excluding carboxylic acids is 12. The molecule has 24 nitrogen and oxygen atoms in total. The number of ether oxygens (including phenoxy) is 12. The van der Waals surface area contributed by atoms with E-state index in [2.05, 4.69) is 9.47 Å². The van der Waals surface area contributed by atoms with Crippen LogP contribution in [0.15, 0.2) is 0 Å². The number of hydrogen-bond donors (Lipinski definition) is 0. The second kappa shape index (κ2) is 36.7. The summed E-state index contributed by atoms with van der Waals surface area (Å²) >= 11 is 0. The Bertz CT molecular complexity index is 2280. The van der Waals surface area contributed by atoms with E-state index in [1.807, 2.05) is 69.2 Å². The normalized spacial score (nSPS) is 23.3. The summed E-state index contributed by atoms with van der Waals surface area (Å²) < 4.78 is 59.1. The number of hydrogen-bond acceptors (Lipinski definition) is 24. The van der Waals surface area contributed by atoms with Crippen LogP contribution in [0.4, 0.5) is 0 Å². The summed E-state index contributed by atoms with van der Waals surface area (Å²) in [6.07, 6.45) is 6.14. The van der Waals surface area contributed by atoms with Crippen molar-refractivity contribution in [3.8, 4) is 0 Å². The highest BCUT2D eigenvalue weighted by Gasteiger charge is 2.42. The van der Waals surface area contributed by atoms with Gasteiger partial charge in [0.15, 0.2) is 12.2 Å². The zero-order valence-corrected chi connectivity index (χ0v) is 54.2. The molecule has 492 valence electrons. The Kier molecular flexibility index (Phi) is 33.1. The van der Waals surface area contributed by atoms with Crippen LogP contribution in [-0.4, -0.2) is 147 Å². The number of cyclic esters (lactones) is 6. The van der Waals surface area contributed by atoms with Gasteiger partial charge in [0.1, 0.15) is 12.2 Å². The topological polar surface area (TPSA) is 316 Å². The summed E-state index contributed by atoms with van der Waals surface area (Å²) in [6, 6.07) is 0. The average Bonchev–Trinajstić information content (AvgIpc) is 3.56. The maximum atomic E-state index is 11.9. The molecule has 6 rings (SSSR count). The molecule has 0 aromatic rings.